The van der Waals surface area contributed by atoms with Crippen molar-refractivity contribution in [2.24, 2.45) is 17.3 Å². The Bertz CT molecular complexity index is 650. The van der Waals surface area contributed by atoms with Crippen LogP contribution in [0.2, 0.25) is 0 Å². The van der Waals surface area contributed by atoms with Gasteiger partial charge < -0.3 is 9.47 Å². The van der Waals surface area contributed by atoms with Gasteiger partial charge in [-0.15, -0.1) is 0 Å². The van der Waals surface area contributed by atoms with Gasteiger partial charge in [0.25, 0.3) is 0 Å². The van der Waals surface area contributed by atoms with Crippen LogP contribution in [0.5, 0.6) is 0 Å². The molecule has 1 aliphatic rings. The summed E-state index contributed by atoms with van der Waals surface area (Å²) in [5, 5.41) is 0. The molecule has 7 heteroatoms. The van der Waals surface area contributed by atoms with E-state index in [0.29, 0.717) is 0 Å². The molecule has 2 atom stereocenters. The van der Waals surface area contributed by atoms with Gasteiger partial charge in [0, 0.05) is 6.08 Å². The number of carbonyl (C=O) groups is 2. The van der Waals surface area contributed by atoms with Crippen LogP contribution in [-0.2, 0) is 25.7 Å². The summed E-state index contributed by atoms with van der Waals surface area (Å²) >= 11 is 0. The van der Waals surface area contributed by atoms with Crippen molar-refractivity contribution in [3.63, 3.8) is 0 Å². The normalized spacial score (nSPS) is 21.8. The lowest BCUT2D eigenvalue weighted by atomic mass is 10.1. The van der Waals surface area contributed by atoms with Gasteiger partial charge in [0.2, 0.25) is 0 Å². The van der Waals surface area contributed by atoms with E-state index < -0.39 is 36.1 Å². The molecule has 1 fully saturated rings. The highest BCUT2D eigenvalue weighted by Crippen LogP contribution is 2.59. The number of hydrogen-bond acceptors (Lipinski definition) is 4. The van der Waals surface area contributed by atoms with E-state index in [1.54, 1.807) is 0 Å². The molecule has 1 aromatic carbocycles. The molecule has 0 spiro atoms. The molecule has 25 heavy (non-hydrogen) atoms. The SMILES string of the molecule is CC1(C)[C@H](C(=O)OCc2ccccc2)[C@@H]1/C=C\C(=O)OCC(F)(F)F. The van der Waals surface area contributed by atoms with Crippen LogP contribution >= 0.6 is 0 Å². The monoisotopic (exact) mass is 356 g/mol. The minimum absolute atomic E-state index is 0.149. The maximum absolute atomic E-state index is 12.2. The first-order chi connectivity index (χ1) is 11.6. The maximum atomic E-state index is 12.2. The summed E-state index contributed by atoms with van der Waals surface area (Å²) in [4.78, 5) is 23.5. The Labute approximate surface area is 143 Å². The van der Waals surface area contributed by atoms with Gasteiger partial charge in [-0.1, -0.05) is 50.3 Å². The number of allylic oxidation sites excluding steroid dienone is 1. The highest BCUT2D eigenvalue weighted by molar-refractivity contribution is 5.83. The quantitative estimate of drug-likeness (QED) is 0.577. The third kappa shape index (κ3) is 5.34. The lowest BCUT2D eigenvalue weighted by Crippen LogP contribution is -2.19. The van der Waals surface area contributed by atoms with E-state index in [4.69, 9.17) is 4.74 Å². The highest BCUT2D eigenvalue weighted by Gasteiger charge is 2.61. The van der Waals surface area contributed by atoms with Crippen molar-refractivity contribution in [1.82, 2.24) is 0 Å². The summed E-state index contributed by atoms with van der Waals surface area (Å²) in [6.45, 7) is 2.18. The predicted octanol–water partition coefficient (Wildman–Crippen LogP) is 3.66. The molecular formula is C18H19F3O4. The first-order valence-electron chi connectivity index (χ1n) is 7.73. The summed E-state index contributed by atoms with van der Waals surface area (Å²) < 4.78 is 45.3. The molecule has 0 unspecified atom stereocenters. The van der Waals surface area contributed by atoms with Gasteiger partial charge in [0.05, 0.1) is 5.92 Å². The zero-order valence-corrected chi connectivity index (χ0v) is 13.9. The van der Waals surface area contributed by atoms with Crippen molar-refractivity contribution in [3.8, 4) is 0 Å². The number of hydrogen-bond donors (Lipinski definition) is 0. The fourth-order valence-corrected chi connectivity index (χ4v) is 2.69. The minimum Gasteiger partial charge on any atom is -0.461 e. The second-order valence-corrected chi connectivity index (χ2v) is 6.50. The van der Waals surface area contributed by atoms with E-state index in [0.717, 1.165) is 11.6 Å². The smallest absolute Gasteiger partial charge is 0.422 e. The number of rotatable bonds is 6. The lowest BCUT2D eigenvalue weighted by molar-refractivity contribution is -0.182. The molecular weight excluding hydrogens is 337 g/mol. The zero-order chi connectivity index (χ0) is 18.7. The second kappa shape index (κ2) is 7.29. The number of esters is 2. The number of benzene rings is 1. The average Bonchev–Trinajstić information content (AvgIpc) is 3.10. The molecule has 0 amide bonds. The standard InChI is InChI=1S/C18H19F3O4/c1-17(2)13(8-9-14(22)25-11-18(19,20)21)15(17)16(23)24-10-12-6-4-3-5-7-12/h3-9,13,15H,10-11H2,1-2H3/b9-8-/t13-,15-/m0/s1. The third-order valence-electron chi connectivity index (χ3n) is 4.21. The predicted molar refractivity (Wildman–Crippen MR) is 83.2 cm³/mol. The van der Waals surface area contributed by atoms with Crippen molar-refractivity contribution < 1.29 is 32.2 Å². The molecule has 4 nitrogen and oxygen atoms in total. The number of carbonyl (C=O) groups excluding carboxylic acids is 2. The summed E-state index contributed by atoms with van der Waals surface area (Å²) in [6, 6.07) is 9.19. The molecule has 2 rings (SSSR count). The second-order valence-electron chi connectivity index (χ2n) is 6.50. The Balaban J connectivity index is 1.85. The molecule has 0 heterocycles. The Morgan fingerprint density at radius 3 is 2.40 bits per heavy atom. The van der Waals surface area contributed by atoms with Gasteiger partial charge in [-0.3, -0.25) is 4.79 Å². The van der Waals surface area contributed by atoms with Gasteiger partial charge in [-0.25, -0.2) is 4.79 Å². The molecule has 1 aromatic rings. The largest absolute Gasteiger partial charge is 0.461 e. The number of ether oxygens (including phenoxy) is 2. The summed E-state index contributed by atoms with van der Waals surface area (Å²) in [6.07, 6.45) is -2.22. The zero-order valence-electron chi connectivity index (χ0n) is 13.9. The highest BCUT2D eigenvalue weighted by atomic mass is 19.4. The van der Waals surface area contributed by atoms with Crippen molar-refractivity contribution in [2.75, 3.05) is 6.61 Å². The Morgan fingerprint density at radius 1 is 1.16 bits per heavy atom. The van der Waals surface area contributed by atoms with Crippen LogP contribution in [0.3, 0.4) is 0 Å². The van der Waals surface area contributed by atoms with Gasteiger partial charge in [0.1, 0.15) is 6.61 Å². The molecule has 0 N–H and O–H groups in total. The van der Waals surface area contributed by atoms with Crippen LogP contribution in [0.15, 0.2) is 42.5 Å². The van der Waals surface area contributed by atoms with Crippen LogP contribution in [0, 0.1) is 17.3 Å². The average molecular weight is 356 g/mol. The number of alkyl halides is 3. The molecule has 0 aromatic heterocycles. The molecule has 1 aliphatic carbocycles. The fraction of sp³-hybridized carbons (Fsp3) is 0.444. The maximum Gasteiger partial charge on any atom is 0.422 e. The van der Waals surface area contributed by atoms with Crippen LogP contribution < -0.4 is 0 Å². The van der Waals surface area contributed by atoms with E-state index in [2.05, 4.69) is 4.74 Å². The van der Waals surface area contributed by atoms with Crippen molar-refractivity contribution >= 4 is 11.9 Å². The minimum atomic E-state index is -4.56. The molecule has 0 bridgehead atoms. The summed E-state index contributed by atoms with van der Waals surface area (Å²) in [5.74, 6) is -2.21. The van der Waals surface area contributed by atoms with E-state index in [1.165, 1.54) is 6.08 Å². The molecule has 0 aliphatic heterocycles. The molecule has 0 radical (unpaired) electrons. The van der Waals surface area contributed by atoms with Crippen LogP contribution in [0.4, 0.5) is 13.2 Å². The fourth-order valence-electron chi connectivity index (χ4n) is 2.69. The van der Waals surface area contributed by atoms with Gasteiger partial charge in [-0.05, 0) is 16.9 Å². The van der Waals surface area contributed by atoms with Crippen LogP contribution in [0.25, 0.3) is 0 Å². The number of halogens is 3. The molecule has 136 valence electrons. The van der Waals surface area contributed by atoms with Gasteiger partial charge in [0.15, 0.2) is 6.61 Å². The summed E-state index contributed by atoms with van der Waals surface area (Å²) in [5.41, 5.74) is 0.436. The molecule has 1 saturated carbocycles. The Hall–Kier alpha value is -2.31. The van der Waals surface area contributed by atoms with Crippen LogP contribution in [-0.4, -0.2) is 24.7 Å². The van der Waals surface area contributed by atoms with E-state index in [9.17, 15) is 22.8 Å². The lowest BCUT2D eigenvalue weighted by Gasteiger charge is -2.05. The van der Waals surface area contributed by atoms with Crippen molar-refractivity contribution in [3.05, 3.63) is 48.0 Å². The van der Waals surface area contributed by atoms with E-state index in [1.807, 2.05) is 44.2 Å². The van der Waals surface area contributed by atoms with E-state index >= 15 is 0 Å². The summed E-state index contributed by atoms with van der Waals surface area (Å²) in [7, 11) is 0. The Kier molecular flexibility index (Phi) is 5.55. The Morgan fingerprint density at radius 2 is 1.80 bits per heavy atom. The topological polar surface area (TPSA) is 52.6 Å². The van der Waals surface area contributed by atoms with Crippen molar-refractivity contribution in [1.29, 1.82) is 0 Å². The molecule has 0 saturated heterocycles. The third-order valence-corrected chi connectivity index (χ3v) is 4.21. The van der Waals surface area contributed by atoms with Gasteiger partial charge >= 0.3 is 18.1 Å². The first-order valence-corrected chi connectivity index (χ1v) is 7.73. The van der Waals surface area contributed by atoms with Crippen molar-refractivity contribution in [2.45, 2.75) is 26.6 Å². The van der Waals surface area contributed by atoms with Gasteiger partial charge in [-0.2, -0.15) is 13.2 Å². The first kappa shape index (κ1) is 19.0. The van der Waals surface area contributed by atoms with Crippen LogP contribution in [0.1, 0.15) is 19.4 Å². The van der Waals surface area contributed by atoms with E-state index in [-0.39, 0.29) is 12.5 Å².